The molecule has 4 nitrogen and oxygen atoms in total. The number of methoxy groups -OCH3 is 1. The van der Waals surface area contributed by atoms with Crippen LogP contribution in [0.3, 0.4) is 0 Å². The van der Waals surface area contributed by atoms with E-state index in [-0.39, 0.29) is 18.6 Å². The summed E-state index contributed by atoms with van der Waals surface area (Å²) in [7, 11) is 1.63. The van der Waals surface area contributed by atoms with E-state index in [1.165, 1.54) is 0 Å². The minimum absolute atomic E-state index is 0.0994. The van der Waals surface area contributed by atoms with Gasteiger partial charge in [-0.2, -0.15) is 0 Å². The van der Waals surface area contributed by atoms with Crippen molar-refractivity contribution in [2.75, 3.05) is 13.7 Å². The Kier molecular flexibility index (Phi) is 7.61. The molecule has 0 aliphatic carbocycles. The molecule has 1 N–H and O–H groups in total. The molecular formula is C20H23Cl2NO3. The Balaban J connectivity index is 2.01. The van der Waals surface area contributed by atoms with Gasteiger partial charge in [-0.3, -0.25) is 4.79 Å². The first-order valence-electron chi connectivity index (χ1n) is 8.40. The number of halogens is 2. The van der Waals surface area contributed by atoms with Gasteiger partial charge in [0.05, 0.1) is 18.2 Å². The summed E-state index contributed by atoms with van der Waals surface area (Å²) in [6.45, 7) is 4.12. The quantitative estimate of drug-likeness (QED) is 0.660. The van der Waals surface area contributed by atoms with Gasteiger partial charge in [-0.25, -0.2) is 0 Å². The van der Waals surface area contributed by atoms with Crippen LogP contribution in [0.1, 0.15) is 31.9 Å². The van der Waals surface area contributed by atoms with Gasteiger partial charge < -0.3 is 14.8 Å². The van der Waals surface area contributed by atoms with Crippen LogP contribution in [0.25, 0.3) is 0 Å². The molecule has 0 saturated heterocycles. The normalized spacial score (nSPS) is 11.9. The van der Waals surface area contributed by atoms with Crippen molar-refractivity contribution >= 4 is 29.1 Å². The summed E-state index contributed by atoms with van der Waals surface area (Å²) in [5.74, 6) is 1.42. The highest BCUT2D eigenvalue weighted by Crippen LogP contribution is 2.28. The van der Waals surface area contributed by atoms with Crippen LogP contribution >= 0.6 is 23.2 Å². The SMILES string of the molecule is COc1ccc([C@H](CC(C)C)NC(=O)COc2ccc(Cl)cc2Cl)cc1. The number of carbonyl (C=O) groups excluding carboxylic acids is 1. The van der Waals surface area contributed by atoms with Crippen molar-refractivity contribution in [3.05, 3.63) is 58.1 Å². The maximum Gasteiger partial charge on any atom is 0.258 e. The van der Waals surface area contributed by atoms with Gasteiger partial charge in [0.25, 0.3) is 5.91 Å². The van der Waals surface area contributed by atoms with E-state index in [1.54, 1.807) is 25.3 Å². The molecule has 1 atom stereocenters. The van der Waals surface area contributed by atoms with Gasteiger partial charge in [0, 0.05) is 5.02 Å². The summed E-state index contributed by atoms with van der Waals surface area (Å²) < 4.78 is 10.7. The third kappa shape index (κ3) is 6.11. The number of rotatable bonds is 8. The first-order valence-corrected chi connectivity index (χ1v) is 9.15. The molecular weight excluding hydrogens is 373 g/mol. The zero-order valence-electron chi connectivity index (χ0n) is 15.1. The van der Waals surface area contributed by atoms with E-state index in [4.69, 9.17) is 32.7 Å². The monoisotopic (exact) mass is 395 g/mol. The lowest BCUT2D eigenvalue weighted by Gasteiger charge is -2.21. The minimum atomic E-state index is -0.211. The van der Waals surface area contributed by atoms with Crippen molar-refractivity contribution in [3.8, 4) is 11.5 Å². The second-order valence-corrected chi connectivity index (χ2v) is 7.23. The Bertz CT molecular complexity index is 732. The fourth-order valence-corrected chi connectivity index (χ4v) is 3.02. The standard InChI is InChI=1S/C20H23Cl2NO3/c1-13(2)10-18(14-4-7-16(25-3)8-5-14)23-20(24)12-26-19-9-6-15(21)11-17(19)22/h4-9,11,13,18H,10,12H2,1-3H3,(H,23,24)/t18-/m0/s1. The topological polar surface area (TPSA) is 47.6 Å². The number of hydrogen-bond acceptors (Lipinski definition) is 3. The first-order chi connectivity index (χ1) is 12.4. The van der Waals surface area contributed by atoms with Gasteiger partial charge >= 0.3 is 0 Å². The predicted octanol–water partition coefficient (Wildman–Crippen LogP) is 5.28. The average molecular weight is 396 g/mol. The van der Waals surface area contributed by atoms with Crippen LogP contribution in [-0.2, 0) is 4.79 Å². The van der Waals surface area contributed by atoms with Crippen LogP contribution < -0.4 is 14.8 Å². The van der Waals surface area contributed by atoms with Crippen molar-refractivity contribution in [1.29, 1.82) is 0 Å². The number of benzene rings is 2. The first kappa shape index (κ1) is 20.4. The van der Waals surface area contributed by atoms with E-state index in [2.05, 4.69) is 19.2 Å². The van der Waals surface area contributed by atoms with E-state index in [1.807, 2.05) is 24.3 Å². The number of amides is 1. The van der Waals surface area contributed by atoms with E-state index in [0.29, 0.717) is 21.7 Å². The molecule has 0 spiro atoms. The van der Waals surface area contributed by atoms with Gasteiger partial charge in [0.2, 0.25) is 0 Å². The number of ether oxygens (including phenoxy) is 2. The summed E-state index contributed by atoms with van der Waals surface area (Å²) in [6, 6.07) is 12.5. The third-order valence-corrected chi connectivity index (χ3v) is 4.34. The minimum Gasteiger partial charge on any atom is -0.497 e. The lowest BCUT2D eigenvalue weighted by Crippen LogP contribution is -2.33. The van der Waals surface area contributed by atoms with Crippen LogP contribution in [-0.4, -0.2) is 19.6 Å². The van der Waals surface area contributed by atoms with Gasteiger partial charge in [-0.05, 0) is 48.2 Å². The highest BCUT2D eigenvalue weighted by molar-refractivity contribution is 6.35. The van der Waals surface area contributed by atoms with Crippen molar-refractivity contribution in [1.82, 2.24) is 5.32 Å². The predicted molar refractivity (Wildman–Crippen MR) is 105 cm³/mol. The second-order valence-electron chi connectivity index (χ2n) is 6.39. The molecule has 6 heteroatoms. The third-order valence-electron chi connectivity index (χ3n) is 3.81. The summed E-state index contributed by atoms with van der Waals surface area (Å²) in [6.07, 6.45) is 0.819. The lowest BCUT2D eigenvalue weighted by atomic mass is 9.97. The van der Waals surface area contributed by atoms with Crippen LogP contribution in [0.4, 0.5) is 0 Å². The molecule has 2 rings (SSSR count). The molecule has 0 aliphatic rings. The molecule has 0 bridgehead atoms. The largest absolute Gasteiger partial charge is 0.497 e. The summed E-state index contributed by atoms with van der Waals surface area (Å²) >= 11 is 11.9. The zero-order chi connectivity index (χ0) is 19.1. The molecule has 0 fully saturated rings. The van der Waals surface area contributed by atoms with Gasteiger partial charge in [0.15, 0.2) is 6.61 Å². The molecule has 2 aromatic rings. The Hall–Kier alpha value is -1.91. The molecule has 1 amide bonds. The van der Waals surface area contributed by atoms with E-state index in [9.17, 15) is 4.79 Å². The van der Waals surface area contributed by atoms with Crippen molar-refractivity contribution in [2.24, 2.45) is 5.92 Å². The molecule has 0 radical (unpaired) electrons. The maximum absolute atomic E-state index is 12.4. The summed E-state index contributed by atoms with van der Waals surface area (Å²) in [5, 5.41) is 3.92. The number of nitrogens with one attached hydrogen (secondary N) is 1. The Morgan fingerprint density at radius 3 is 2.38 bits per heavy atom. The Morgan fingerprint density at radius 2 is 1.81 bits per heavy atom. The molecule has 0 unspecified atom stereocenters. The summed E-state index contributed by atoms with van der Waals surface area (Å²) in [4.78, 5) is 12.4. The van der Waals surface area contributed by atoms with Gasteiger partial charge in [-0.1, -0.05) is 49.2 Å². The fraction of sp³-hybridized carbons (Fsp3) is 0.350. The highest BCUT2D eigenvalue weighted by Gasteiger charge is 2.17. The van der Waals surface area contributed by atoms with Crippen molar-refractivity contribution in [3.63, 3.8) is 0 Å². The van der Waals surface area contributed by atoms with Crippen molar-refractivity contribution in [2.45, 2.75) is 26.3 Å². The zero-order valence-corrected chi connectivity index (χ0v) is 16.6. The van der Waals surface area contributed by atoms with Crippen LogP contribution in [0.2, 0.25) is 10.0 Å². The van der Waals surface area contributed by atoms with E-state index in [0.717, 1.165) is 17.7 Å². The fourth-order valence-electron chi connectivity index (χ4n) is 2.56. The summed E-state index contributed by atoms with van der Waals surface area (Å²) in [5.41, 5.74) is 1.03. The average Bonchev–Trinajstić information content (AvgIpc) is 2.60. The molecule has 0 saturated carbocycles. The molecule has 0 aromatic heterocycles. The van der Waals surface area contributed by atoms with Crippen LogP contribution in [0, 0.1) is 5.92 Å². The maximum atomic E-state index is 12.4. The molecule has 2 aromatic carbocycles. The van der Waals surface area contributed by atoms with Crippen molar-refractivity contribution < 1.29 is 14.3 Å². The van der Waals surface area contributed by atoms with E-state index < -0.39 is 0 Å². The lowest BCUT2D eigenvalue weighted by molar-refractivity contribution is -0.124. The number of carbonyl (C=O) groups is 1. The molecule has 140 valence electrons. The van der Waals surface area contributed by atoms with Crippen LogP contribution in [0.5, 0.6) is 11.5 Å². The van der Waals surface area contributed by atoms with Crippen LogP contribution in [0.15, 0.2) is 42.5 Å². The van der Waals surface area contributed by atoms with Gasteiger partial charge in [0.1, 0.15) is 11.5 Å². The Labute approximate surface area is 164 Å². The molecule has 0 heterocycles. The second kappa shape index (κ2) is 9.70. The van der Waals surface area contributed by atoms with Gasteiger partial charge in [-0.15, -0.1) is 0 Å². The smallest absolute Gasteiger partial charge is 0.258 e. The molecule has 26 heavy (non-hydrogen) atoms. The molecule has 0 aliphatic heterocycles. The number of hydrogen-bond donors (Lipinski definition) is 1. The van der Waals surface area contributed by atoms with E-state index >= 15 is 0 Å². The highest BCUT2D eigenvalue weighted by atomic mass is 35.5. The Morgan fingerprint density at radius 1 is 1.12 bits per heavy atom.